The molecule has 1 saturated heterocycles. The van der Waals surface area contributed by atoms with Crippen molar-refractivity contribution in [1.82, 2.24) is 4.90 Å². The molecule has 1 aliphatic heterocycles. The molecule has 2 aromatic rings. The number of halogens is 3. The summed E-state index contributed by atoms with van der Waals surface area (Å²) >= 11 is 1.36. The van der Waals surface area contributed by atoms with Crippen molar-refractivity contribution in [2.45, 2.75) is 12.6 Å². The molecule has 1 aromatic heterocycles. The Labute approximate surface area is 159 Å². The van der Waals surface area contributed by atoms with Crippen molar-refractivity contribution < 1.29 is 22.7 Å². The van der Waals surface area contributed by atoms with Crippen LogP contribution in [0.4, 0.5) is 18.9 Å². The molecular weight excluding hydrogens is 377 g/mol. The molecule has 8 heteroatoms. The number of thiophene rings is 1. The molecule has 4 nitrogen and oxygen atoms in total. The molecule has 2 unspecified atom stereocenters. The van der Waals surface area contributed by atoms with E-state index in [9.17, 15) is 18.0 Å². The number of carbonyl (C=O) groups excluding carboxylic acids is 1. The summed E-state index contributed by atoms with van der Waals surface area (Å²) < 4.78 is 44.1. The number of carbonyl (C=O) groups is 1. The number of hydrogen-bond donors (Lipinski definition) is 0. The molecule has 2 heterocycles. The Balaban J connectivity index is 1.38. The van der Waals surface area contributed by atoms with Crippen LogP contribution < -0.4 is 4.90 Å². The molecular formula is C19H21F3N2O2S. The van der Waals surface area contributed by atoms with Gasteiger partial charge in [0, 0.05) is 48.2 Å². The third kappa shape index (κ3) is 3.78. The van der Waals surface area contributed by atoms with E-state index >= 15 is 0 Å². The number of rotatable bonds is 4. The van der Waals surface area contributed by atoms with Crippen LogP contribution in [-0.2, 0) is 15.7 Å². The zero-order chi connectivity index (χ0) is 19.2. The number of alkyl halides is 3. The molecule has 1 saturated carbocycles. The van der Waals surface area contributed by atoms with Crippen molar-refractivity contribution in [1.29, 1.82) is 0 Å². The van der Waals surface area contributed by atoms with Crippen LogP contribution in [0.2, 0.25) is 0 Å². The highest BCUT2D eigenvalue weighted by Crippen LogP contribution is 2.41. The lowest BCUT2D eigenvalue weighted by molar-refractivity contribution is -0.142. The zero-order valence-electron chi connectivity index (χ0n) is 15.0. The maximum Gasteiger partial charge on any atom is 0.416 e. The highest BCUT2D eigenvalue weighted by atomic mass is 32.1. The summed E-state index contributed by atoms with van der Waals surface area (Å²) in [6.07, 6.45) is -3.40. The van der Waals surface area contributed by atoms with Crippen molar-refractivity contribution in [3.05, 3.63) is 29.1 Å². The predicted molar refractivity (Wildman–Crippen MR) is 99.1 cm³/mol. The first kappa shape index (κ1) is 18.6. The van der Waals surface area contributed by atoms with Crippen molar-refractivity contribution in [3.63, 3.8) is 0 Å². The van der Waals surface area contributed by atoms with Crippen LogP contribution in [0.1, 0.15) is 12.0 Å². The van der Waals surface area contributed by atoms with Crippen molar-refractivity contribution in [2.24, 2.45) is 11.8 Å². The minimum absolute atomic E-state index is 0.0525. The number of fused-ring (bicyclic) bond motifs is 1. The molecule has 2 aliphatic rings. The molecule has 27 heavy (non-hydrogen) atoms. The maximum atomic E-state index is 12.9. The van der Waals surface area contributed by atoms with Crippen molar-refractivity contribution in [2.75, 3.05) is 44.7 Å². The molecule has 4 rings (SSSR count). The second kappa shape index (κ2) is 6.98. The summed E-state index contributed by atoms with van der Waals surface area (Å²) in [6, 6.07) is 3.98. The number of anilines is 1. The van der Waals surface area contributed by atoms with Gasteiger partial charge >= 0.3 is 12.1 Å². The van der Waals surface area contributed by atoms with Gasteiger partial charge in [-0.3, -0.25) is 9.69 Å². The van der Waals surface area contributed by atoms with Gasteiger partial charge in [-0.25, -0.2) is 0 Å². The molecule has 0 bridgehead atoms. The number of ether oxygens (including phenoxy) is 1. The molecule has 1 aromatic carbocycles. The van der Waals surface area contributed by atoms with E-state index in [1.54, 1.807) is 6.07 Å². The lowest BCUT2D eigenvalue weighted by Gasteiger charge is -2.36. The van der Waals surface area contributed by atoms with E-state index < -0.39 is 11.7 Å². The van der Waals surface area contributed by atoms with Gasteiger partial charge in [0.15, 0.2) is 0 Å². The number of methoxy groups -OCH3 is 1. The number of esters is 1. The fourth-order valence-corrected chi connectivity index (χ4v) is 4.84. The van der Waals surface area contributed by atoms with Gasteiger partial charge in [0.2, 0.25) is 0 Å². The van der Waals surface area contributed by atoms with Gasteiger partial charge in [-0.15, -0.1) is 11.3 Å². The van der Waals surface area contributed by atoms with Gasteiger partial charge in [0.1, 0.15) is 0 Å². The monoisotopic (exact) mass is 398 g/mol. The third-order valence-electron chi connectivity index (χ3n) is 5.51. The Morgan fingerprint density at radius 3 is 2.67 bits per heavy atom. The molecule has 0 radical (unpaired) electrons. The van der Waals surface area contributed by atoms with Crippen LogP contribution in [0.25, 0.3) is 10.1 Å². The number of hydrogen-bond acceptors (Lipinski definition) is 5. The van der Waals surface area contributed by atoms with Crippen LogP contribution in [0.3, 0.4) is 0 Å². The topological polar surface area (TPSA) is 32.8 Å². The van der Waals surface area contributed by atoms with Crippen LogP contribution in [0.5, 0.6) is 0 Å². The zero-order valence-corrected chi connectivity index (χ0v) is 15.8. The smallest absolute Gasteiger partial charge is 0.416 e. The van der Waals surface area contributed by atoms with Crippen LogP contribution in [-0.4, -0.2) is 50.7 Å². The molecule has 0 spiro atoms. The fraction of sp³-hybridized carbons (Fsp3) is 0.526. The second-order valence-corrected chi connectivity index (χ2v) is 8.15. The average Bonchev–Trinajstić information content (AvgIpc) is 3.28. The molecule has 0 N–H and O–H groups in total. The summed E-state index contributed by atoms with van der Waals surface area (Å²) in [6.45, 7) is 4.36. The summed E-state index contributed by atoms with van der Waals surface area (Å²) in [5.41, 5.74) is 0.417. The van der Waals surface area contributed by atoms with E-state index in [-0.39, 0.29) is 11.9 Å². The van der Waals surface area contributed by atoms with Crippen LogP contribution in [0.15, 0.2) is 23.6 Å². The lowest BCUT2D eigenvalue weighted by atomic mass is 10.1. The van der Waals surface area contributed by atoms with Gasteiger partial charge < -0.3 is 9.64 Å². The molecule has 146 valence electrons. The number of piperazine rings is 1. The molecule has 1 aliphatic carbocycles. The van der Waals surface area contributed by atoms with E-state index in [0.29, 0.717) is 10.6 Å². The first-order chi connectivity index (χ1) is 12.9. The second-order valence-electron chi connectivity index (χ2n) is 7.24. The summed E-state index contributed by atoms with van der Waals surface area (Å²) in [4.78, 5) is 16.1. The Morgan fingerprint density at radius 1 is 1.26 bits per heavy atom. The first-order valence-electron chi connectivity index (χ1n) is 9.00. The normalized spacial score (nSPS) is 23.6. The van der Waals surface area contributed by atoms with Crippen molar-refractivity contribution in [3.8, 4) is 0 Å². The molecule has 2 fully saturated rings. The van der Waals surface area contributed by atoms with Gasteiger partial charge in [-0.2, -0.15) is 13.2 Å². The summed E-state index contributed by atoms with van der Waals surface area (Å²) in [7, 11) is 1.43. The highest BCUT2D eigenvalue weighted by molar-refractivity contribution is 7.17. The highest BCUT2D eigenvalue weighted by Gasteiger charge is 2.44. The minimum Gasteiger partial charge on any atom is -0.469 e. The van der Waals surface area contributed by atoms with Gasteiger partial charge in [-0.1, -0.05) is 6.07 Å². The van der Waals surface area contributed by atoms with E-state index in [1.807, 2.05) is 5.38 Å². The summed E-state index contributed by atoms with van der Waals surface area (Å²) in [5.74, 6) is 0.338. The van der Waals surface area contributed by atoms with Crippen LogP contribution >= 0.6 is 11.3 Å². The first-order valence-corrected chi connectivity index (χ1v) is 9.88. The largest absolute Gasteiger partial charge is 0.469 e. The van der Waals surface area contributed by atoms with E-state index in [0.717, 1.165) is 56.3 Å². The van der Waals surface area contributed by atoms with Gasteiger partial charge in [-0.05, 0) is 24.5 Å². The van der Waals surface area contributed by atoms with E-state index in [4.69, 9.17) is 4.74 Å². The van der Waals surface area contributed by atoms with E-state index in [2.05, 4.69) is 9.80 Å². The summed E-state index contributed by atoms with van der Waals surface area (Å²) in [5, 5.41) is 2.84. The third-order valence-corrected chi connectivity index (χ3v) is 6.45. The van der Waals surface area contributed by atoms with Gasteiger partial charge in [0.05, 0.1) is 24.3 Å². The Bertz CT molecular complexity index is 843. The maximum absolute atomic E-state index is 12.9. The van der Waals surface area contributed by atoms with E-state index in [1.165, 1.54) is 24.5 Å². The Morgan fingerprint density at radius 2 is 2.00 bits per heavy atom. The number of nitrogens with zero attached hydrogens (tertiary/aromatic N) is 2. The lowest BCUT2D eigenvalue weighted by Crippen LogP contribution is -2.47. The SMILES string of the molecule is COC(=O)C1CC1CN1CCN(c2csc3cc(C(F)(F)F)ccc23)CC1. The molecule has 0 amide bonds. The Kier molecular flexibility index (Phi) is 4.80. The van der Waals surface area contributed by atoms with Crippen LogP contribution in [0, 0.1) is 11.8 Å². The standard InChI is InChI=1S/C19H21F3N2O2S/c1-26-18(25)15-8-12(15)10-23-4-6-24(7-5-23)16-11-27-17-9-13(19(20,21)22)2-3-14(16)17/h2-3,9,11-12,15H,4-8,10H2,1H3. The fourth-order valence-electron chi connectivity index (χ4n) is 3.83. The number of benzene rings is 1. The Hall–Kier alpha value is -1.80. The minimum atomic E-state index is -4.31. The van der Waals surface area contributed by atoms with Gasteiger partial charge in [0.25, 0.3) is 0 Å². The quantitative estimate of drug-likeness (QED) is 0.733. The van der Waals surface area contributed by atoms with Crippen molar-refractivity contribution >= 4 is 33.1 Å². The molecule has 2 atom stereocenters. The average molecular weight is 398 g/mol. The predicted octanol–water partition coefficient (Wildman–Crippen LogP) is 3.85.